The molecule has 0 unspecified atom stereocenters. The van der Waals surface area contributed by atoms with Crippen molar-refractivity contribution < 1.29 is 4.74 Å². The van der Waals surface area contributed by atoms with Crippen molar-refractivity contribution in [3.63, 3.8) is 0 Å². The number of hydrogen-bond acceptors (Lipinski definition) is 4. The molecule has 0 aliphatic heterocycles. The molecule has 2 N–H and O–H groups in total. The van der Waals surface area contributed by atoms with E-state index >= 15 is 0 Å². The largest absolute Gasteiger partial charge is 0.496 e. The molecule has 0 atom stereocenters. The van der Waals surface area contributed by atoms with E-state index in [-0.39, 0.29) is 0 Å². The zero-order chi connectivity index (χ0) is 14.2. The molecule has 19 heavy (non-hydrogen) atoms. The monoisotopic (exact) mass is 257 g/mol. The van der Waals surface area contributed by atoms with E-state index in [9.17, 15) is 0 Å². The third-order valence-corrected chi connectivity index (χ3v) is 3.46. The highest BCUT2D eigenvalue weighted by molar-refractivity contribution is 5.75. The molecule has 0 aliphatic rings. The van der Waals surface area contributed by atoms with E-state index in [4.69, 9.17) is 10.5 Å². The fourth-order valence-corrected chi connectivity index (χ4v) is 2.25. The minimum absolute atomic E-state index is 0.477. The quantitative estimate of drug-likeness (QED) is 0.898. The highest BCUT2D eigenvalue weighted by atomic mass is 16.5. The lowest BCUT2D eigenvalue weighted by Crippen LogP contribution is -2.04. The molecule has 0 saturated heterocycles. The molecule has 2 rings (SSSR count). The number of anilines is 1. The molecule has 0 radical (unpaired) electrons. The summed E-state index contributed by atoms with van der Waals surface area (Å²) in [6, 6.07) is 4.12. The van der Waals surface area contributed by atoms with Gasteiger partial charge in [-0.25, -0.2) is 0 Å². The van der Waals surface area contributed by atoms with Crippen LogP contribution in [-0.4, -0.2) is 17.3 Å². The van der Waals surface area contributed by atoms with Crippen molar-refractivity contribution >= 4 is 5.82 Å². The molecule has 0 amide bonds. The number of nitrogen functional groups attached to an aromatic ring is 1. The van der Waals surface area contributed by atoms with Crippen molar-refractivity contribution in [3.05, 3.63) is 34.4 Å². The van der Waals surface area contributed by atoms with Gasteiger partial charge in [0.2, 0.25) is 0 Å². The maximum Gasteiger partial charge on any atom is 0.149 e. The van der Waals surface area contributed by atoms with Crippen LogP contribution in [-0.2, 0) is 0 Å². The lowest BCUT2D eigenvalue weighted by atomic mass is 9.97. The summed E-state index contributed by atoms with van der Waals surface area (Å²) in [5, 5.41) is 8.28. The molecular formula is C15H19N3O. The molecule has 4 heteroatoms. The fraction of sp³-hybridized carbons (Fsp3) is 0.333. The van der Waals surface area contributed by atoms with E-state index in [1.807, 2.05) is 26.8 Å². The van der Waals surface area contributed by atoms with E-state index < -0.39 is 0 Å². The summed E-state index contributed by atoms with van der Waals surface area (Å²) in [4.78, 5) is 0. The summed E-state index contributed by atoms with van der Waals surface area (Å²) in [7, 11) is 1.67. The first-order valence-corrected chi connectivity index (χ1v) is 6.20. The standard InChI is InChI=1S/C15H19N3O/c1-8-6-9(2)13(12(7-8)19-5)14-10(3)11(4)15(16)18-17-14/h6-7H,1-5H3,(H2,16,18). The van der Waals surface area contributed by atoms with E-state index in [0.717, 1.165) is 39.3 Å². The summed E-state index contributed by atoms with van der Waals surface area (Å²) >= 11 is 0. The van der Waals surface area contributed by atoms with Crippen LogP contribution < -0.4 is 10.5 Å². The van der Waals surface area contributed by atoms with Crippen molar-refractivity contribution in [1.29, 1.82) is 0 Å². The smallest absolute Gasteiger partial charge is 0.149 e. The van der Waals surface area contributed by atoms with Crippen LogP contribution in [0.4, 0.5) is 5.82 Å². The highest BCUT2D eigenvalue weighted by Gasteiger charge is 2.16. The van der Waals surface area contributed by atoms with E-state index in [2.05, 4.69) is 23.2 Å². The number of aryl methyl sites for hydroxylation is 2. The maximum absolute atomic E-state index is 5.80. The van der Waals surface area contributed by atoms with Gasteiger partial charge in [-0.2, -0.15) is 0 Å². The summed E-state index contributed by atoms with van der Waals surface area (Å²) < 4.78 is 5.49. The SMILES string of the molecule is COc1cc(C)cc(C)c1-c1nnc(N)c(C)c1C. The van der Waals surface area contributed by atoms with Gasteiger partial charge in [-0.15, -0.1) is 10.2 Å². The number of hydrogen-bond donors (Lipinski definition) is 1. The lowest BCUT2D eigenvalue weighted by Gasteiger charge is -2.15. The zero-order valence-electron chi connectivity index (χ0n) is 12.0. The topological polar surface area (TPSA) is 61.0 Å². The molecular weight excluding hydrogens is 238 g/mol. The molecule has 0 bridgehead atoms. The highest BCUT2D eigenvalue weighted by Crippen LogP contribution is 2.35. The van der Waals surface area contributed by atoms with Crippen LogP contribution in [0.1, 0.15) is 22.3 Å². The number of ether oxygens (including phenoxy) is 1. The van der Waals surface area contributed by atoms with Crippen LogP contribution in [0.3, 0.4) is 0 Å². The minimum Gasteiger partial charge on any atom is -0.496 e. The first kappa shape index (κ1) is 13.3. The van der Waals surface area contributed by atoms with Gasteiger partial charge in [0.1, 0.15) is 17.3 Å². The maximum atomic E-state index is 5.80. The molecule has 0 fully saturated rings. The Morgan fingerprint density at radius 3 is 2.32 bits per heavy atom. The molecule has 0 saturated carbocycles. The number of rotatable bonds is 2. The van der Waals surface area contributed by atoms with Crippen LogP contribution in [0.15, 0.2) is 12.1 Å². The van der Waals surface area contributed by atoms with Crippen molar-refractivity contribution in [2.75, 3.05) is 12.8 Å². The van der Waals surface area contributed by atoms with Gasteiger partial charge in [0.15, 0.2) is 0 Å². The predicted octanol–water partition coefficient (Wildman–Crippen LogP) is 2.97. The number of methoxy groups -OCH3 is 1. The molecule has 0 spiro atoms. The Morgan fingerprint density at radius 2 is 1.68 bits per heavy atom. The zero-order valence-corrected chi connectivity index (χ0v) is 12.0. The van der Waals surface area contributed by atoms with Crippen molar-refractivity contribution in [1.82, 2.24) is 10.2 Å². The third-order valence-electron chi connectivity index (χ3n) is 3.46. The van der Waals surface area contributed by atoms with Gasteiger partial charge in [0.05, 0.1) is 7.11 Å². The third kappa shape index (κ3) is 2.26. The minimum atomic E-state index is 0.477. The summed E-state index contributed by atoms with van der Waals surface area (Å²) in [6.45, 7) is 8.07. The Labute approximate surface area is 113 Å². The van der Waals surface area contributed by atoms with Gasteiger partial charge in [-0.1, -0.05) is 6.07 Å². The molecule has 2 aromatic rings. The second-order valence-electron chi connectivity index (χ2n) is 4.84. The summed E-state index contributed by atoms with van der Waals surface area (Å²) in [5.74, 6) is 1.30. The first-order valence-electron chi connectivity index (χ1n) is 6.20. The number of aromatic nitrogens is 2. The average molecular weight is 257 g/mol. The number of nitrogens with zero attached hydrogens (tertiary/aromatic N) is 2. The van der Waals surface area contributed by atoms with E-state index in [0.29, 0.717) is 5.82 Å². The van der Waals surface area contributed by atoms with Gasteiger partial charge >= 0.3 is 0 Å². The van der Waals surface area contributed by atoms with Gasteiger partial charge in [-0.05, 0) is 56.0 Å². The predicted molar refractivity (Wildman–Crippen MR) is 77.4 cm³/mol. The van der Waals surface area contributed by atoms with Crippen LogP contribution in [0.5, 0.6) is 5.75 Å². The molecule has 1 heterocycles. The first-order chi connectivity index (χ1) is 8.95. The van der Waals surface area contributed by atoms with Crippen molar-refractivity contribution in [3.8, 4) is 17.0 Å². The number of benzene rings is 1. The van der Waals surface area contributed by atoms with Gasteiger partial charge in [0.25, 0.3) is 0 Å². The van der Waals surface area contributed by atoms with Gasteiger partial charge in [0, 0.05) is 5.56 Å². The molecule has 100 valence electrons. The van der Waals surface area contributed by atoms with Crippen LogP contribution in [0.2, 0.25) is 0 Å². The van der Waals surface area contributed by atoms with Crippen molar-refractivity contribution in [2.45, 2.75) is 27.7 Å². The van der Waals surface area contributed by atoms with Gasteiger partial charge in [-0.3, -0.25) is 0 Å². The van der Waals surface area contributed by atoms with Gasteiger partial charge < -0.3 is 10.5 Å². The van der Waals surface area contributed by atoms with Crippen LogP contribution in [0.25, 0.3) is 11.3 Å². The Balaban J connectivity index is 2.76. The Bertz CT molecular complexity index is 636. The Kier molecular flexibility index (Phi) is 3.42. The second kappa shape index (κ2) is 4.88. The molecule has 4 nitrogen and oxygen atoms in total. The average Bonchev–Trinajstić information content (AvgIpc) is 2.37. The Hall–Kier alpha value is -2.10. The summed E-state index contributed by atoms with van der Waals surface area (Å²) in [5.41, 5.74) is 11.9. The van der Waals surface area contributed by atoms with E-state index in [1.165, 1.54) is 0 Å². The van der Waals surface area contributed by atoms with E-state index in [1.54, 1.807) is 7.11 Å². The summed E-state index contributed by atoms with van der Waals surface area (Å²) in [6.07, 6.45) is 0. The molecule has 0 aliphatic carbocycles. The molecule has 1 aromatic heterocycles. The molecule has 1 aromatic carbocycles. The van der Waals surface area contributed by atoms with Crippen molar-refractivity contribution in [2.24, 2.45) is 0 Å². The Morgan fingerprint density at radius 1 is 1.00 bits per heavy atom. The van der Waals surface area contributed by atoms with Crippen LogP contribution >= 0.6 is 0 Å². The van der Waals surface area contributed by atoms with Crippen LogP contribution in [0, 0.1) is 27.7 Å². The lowest BCUT2D eigenvalue weighted by molar-refractivity contribution is 0.415. The number of nitrogens with two attached hydrogens (primary N) is 1. The fourth-order valence-electron chi connectivity index (χ4n) is 2.25. The second-order valence-corrected chi connectivity index (χ2v) is 4.84. The normalized spacial score (nSPS) is 10.6.